The molecule has 0 spiro atoms. The average molecular weight is 311 g/mol. The Morgan fingerprint density at radius 1 is 1.29 bits per heavy atom. The van der Waals surface area contributed by atoms with Crippen molar-refractivity contribution < 1.29 is 0 Å². The first-order chi connectivity index (χ1) is 8.16. The first kappa shape index (κ1) is 12.5. The summed E-state index contributed by atoms with van der Waals surface area (Å²) in [4.78, 5) is 1.38. The molecule has 0 fully saturated rings. The molecule has 0 aliphatic rings. The lowest BCUT2D eigenvalue weighted by molar-refractivity contribution is 1.04. The van der Waals surface area contributed by atoms with Crippen LogP contribution in [0, 0.1) is 6.92 Å². The molecule has 1 heterocycles. The summed E-state index contributed by atoms with van der Waals surface area (Å²) in [7, 11) is 0. The van der Waals surface area contributed by atoms with Gasteiger partial charge in [0.1, 0.15) is 0 Å². The number of hydrogen-bond donors (Lipinski definition) is 2. The molecule has 4 heteroatoms. The minimum Gasteiger partial charge on any atom is -0.398 e. The van der Waals surface area contributed by atoms with Crippen LogP contribution in [0.4, 0.5) is 11.4 Å². The molecule has 0 saturated carbocycles. The van der Waals surface area contributed by atoms with E-state index < -0.39 is 0 Å². The molecule has 2 rings (SSSR count). The van der Waals surface area contributed by atoms with E-state index in [4.69, 9.17) is 5.73 Å². The van der Waals surface area contributed by atoms with Crippen LogP contribution in [0.25, 0.3) is 0 Å². The van der Waals surface area contributed by atoms with Crippen LogP contribution in [0.3, 0.4) is 0 Å². The van der Waals surface area contributed by atoms with E-state index in [1.54, 1.807) is 11.3 Å². The molecule has 1 aromatic heterocycles. The predicted molar refractivity (Wildman–Crippen MR) is 79.8 cm³/mol. The van der Waals surface area contributed by atoms with Crippen LogP contribution in [0.15, 0.2) is 34.1 Å². The Kier molecular flexibility index (Phi) is 4.07. The van der Waals surface area contributed by atoms with Crippen molar-refractivity contribution >= 4 is 38.6 Å². The van der Waals surface area contributed by atoms with Gasteiger partial charge in [-0.05, 0) is 59.1 Å². The Bertz CT molecular complexity index is 508. The monoisotopic (exact) mass is 310 g/mol. The largest absolute Gasteiger partial charge is 0.398 e. The van der Waals surface area contributed by atoms with Gasteiger partial charge >= 0.3 is 0 Å². The van der Waals surface area contributed by atoms with Gasteiger partial charge in [-0.1, -0.05) is 6.07 Å². The van der Waals surface area contributed by atoms with Gasteiger partial charge in [-0.25, -0.2) is 0 Å². The van der Waals surface area contributed by atoms with E-state index in [-0.39, 0.29) is 0 Å². The molecule has 0 aliphatic heterocycles. The van der Waals surface area contributed by atoms with E-state index in [1.165, 1.54) is 8.66 Å². The molecule has 0 aliphatic carbocycles. The first-order valence-corrected chi connectivity index (χ1v) is 7.11. The summed E-state index contributed by atoms with van der Waals surface area (Å²) < 4.78 is 1.19. The van der Waals surface area contributed by atoms with E-state index in [0.717, 1.165) is 29.9 Å². The molecular formula is C13H15BrN2S. The zero-order chi connectivity index (χ0) is 12.3. The van der Waals surface area contributed by atoms with Gasteiger partial charge in [-0.3, -0.25) is 0 Å². The maximum Gasteiger partial charge on any atom is 0.0701 e. The molecule has 0 bridgehead atoms. The third-order valence-electron chi connectivity index (χ3n) is 2.69. The fourth-order valence-electron chi connectivity index (χ4n) is 1.65. The second-order valence-corrected chi connectivity index (χ2v) is 6.45. The highest BCUT2D eigenvalue weighted by molar-refractivity contribution is 9.11. The van der Waals surface area contributed by atoms with E-state index in [0.29, 0.717) is 0 Å². The summed E-state index contributed by atoms with van der Waals surface area (Å²) >= 11 is 5.25. The quantitative estimate of drug-likeness (QED) is 0.836. The van der Waals surface area contributed by atoms with Crippen LogP contribution in [-0.4, -0.2) is 6.54 Å². The standard InChI is InChI=1S/C13H15BrN2S/c1-9-11(15)3-2-4-12(9)16-8-7-10-5-6-13(14)17-10/h2-6,16H,7-8,15H2,1H3. The molecule has 2 aromatic rings. The molecule has 90 valence electrons. The molecule has 0 radical (unpaired) electrons. The Balaban J connectivity index is 1.92. The minimum atomic E-state index is 0.842. The van der Waals surface area contributed by atoms with Crippen molar-refractivity contribution in [3.8, 4) is 0 Å². The molecule has 0 amide bonds. The van der Waals surface area contributed by atoms with Gasteiger partial charge in [0.15, 0.2) is 0 Å². The second kappa shape index (κ2) is 5.56. The third kappa shape index (κ3) is 3.23. The lowest BCUT2D eigenvalue weighted by atomic mass is 10.1. The Hall–Kier alpha value is -1.000. The molecule has 2 nitrogen and oxygen atoms in total. The van der Waals surface area contributed by atoms with Gasteiger partial charge in [0.2, 0.25) is 0 Å². The number of benzene rings is 1. The number of nitrogens with two attached hydrogens (primary N) is 1. The highest BCUT2D eigenvalue weighted by Gasteiger charge is 2.01. The number of nitrogen functional groups attached to an aromatic ring is 1. The number of hydrogen-bond acceptors (Lipinski definition) is 3. The normalized spacial score (nSPS) is 10.5. The highest BCUT2D eigenvalue weighted by atomic mass is 79.9. The van der Waals surface area contributed by atoms with Crippen LogP contribution < -0.4 is 11.1 Å². The lowest BCUT2D eigenvalue weighted by Gasteiger charge is -2.10. The molecule has 0 atom stereocenters. The van der Waals surface area contributed by atoms with Crippen molar-refractivity contribution in [1.29, 1.82) is 0 Å². The predicted octanol–water partition coefficient (Wildman–Crippen LogP) is 4.06. The van der Waals surface area contributed by atoms with Crippen LogP contribution >= 0.6 is 27.3 Å². The zero-order valence-corrected chi connectivity index (χ0v) is 12.1. The van der Waals surface area contributed by atoms with Crippen LogP contribution in [-0.2, 0) is 6.42 Å². The van der Waals surface area contributed by atoms with Gasteiger partial charge in [-0.2, -0.15) is 0 Å². The van der Waals surface area contributed by atoms with Crippen molar-refractivity contribution in [2.75, 3.05) is 17.6 Å². The molecular weight excluding hydrogens is 296 g/mol. The number of thiophene rings is 1. The van der Waals surface area contributed by atoms with Crippen molar-refractivity contribution in [2.45, 2.75) is 13.3 Å². The summed E-state index contributed by atoms with van der Waals surface area (Å²) in [6.45, 7) is 2.97. The first-order valence-electron chi connectivity index (χ1n) is 5.50. The summed E-state index contributed by atoms with van der Waals surface area (Å²) in [6.07, 6.45) is 1.03. The molecule has 0 saturated heterocycles. The Morgan fingerprint density at radius 2 is 2.12 bits per heavy atom. The van der Waals surface area contributed by atoms with E-state index in [2.05, 4.69) is 39.4 Å². The van der Waals surface area contributed by atoms with Crippen LogP contribution in [0.5, 0.6) is 0 Å². The Labute approximate surface area is 114 Å². The second-order valence-electron chi connectivity index (χ2n) is 3.90. The summed E-state index contributed by atoms with van der Waals surface area (Å²) in [5.41, 5.74) is 8.95. The van der Waals surface area contributed by atoms with Gasteiger partial charge in [0.05, 0.1) is 3.79 Å². The number of nitrogens with one attached hydrogen (secondary N) is 1. The number of anilines is 2. The summed E-state index contributed by atoms with van der Waals surface area (Å²) in [6, 6.07) is 10.2. The molecule has 17 heavy (non-hydrogen) atoms. The zero-order valence-electron chi connectivity index (χ0n) is 9.66. The molecule has 1 aromatic carbocycles. The van der Waals surface area contributed by atoms with E-state index in [9.17, 15) is 0 Å². The van der Waals surface area contributed by atoms with E-state index in [1.807, 2.05) is 19.1 Å². The van der Waals surface area contributed by atoms with Crippen molar-refractivity contribution in [1.82, 2.24) is 0 Å². The van der Waals surface area contributed by atoms with Crippen molar-refractivity contribution in [3.05, 3.63) is 44.6 Å². The summed E-state index contributed by atoms with van der Waals surface area (Å²) in [5, 5.41) is 3.42. The third-order valence-corrected chi connectivity index (χ3v) is 4.37. The van der Waals surface area contributed by atoms with Crippen LogP contribution in [0.1, 0.15) is 10.4 Å². The van der Waals surface area contributed by atoms with Gasteiger partial charge in [-0.15, -0.1) is 11.3 Å². The lowest BCUT2D eigenvalue weighted by Crippen LogP contribution is -2.06. The molecule has 0 unspecified atom stereocenters. The number of rotatable bonds is 4. The fourth-order valence-corrected chi connectivity index (χ4v) is 3.13. The maximum atomic E-state index is 5.86. The SMILES string of the molecule is Cc1c(N)cccc1NCCc1ccc(Br)s1. The molecule has 3 N–H and O–H groups in total. The smallest absolute Gasteiger partial charge is 0.0701 e. The van der Waals surface area contributed by atoms with Crippen molar-refractivity contribution in [2.24, 2.45) is 0 Å². The van der Waals surface area contributed by atoms with E-state index >= 15 is 0 Å². The maximum absolute atomic E-state index is 5.86. The van der Waals surface area contributed by atoms with Crippen molar-refractivity contribution in [3.63, 3.8) is 0 Å². The van der Waals surface area contributed by atoms with Crippen LogP contribution in [0.2, 0.25) is 0 Å². The summed E-state index contributed by atoms with van der Waals surface area (Å²) in [5.74, 6) is 0. The Morgan fingerprint density at radius 3 is 2.82 bits per heavy atom. The van der Waals surface area contributed by atoms with Gasteiger partial charge in [0, 0.05) is 22.8 Å². The topological polar surface area (TPSA) is 38.0 Å². The van der Waals surface area contributed by atoms with Gasteiger partial charge < -0.3 is 11.1 Å². The number of halogens is 1. The highest BCUT2D eigenvalue weighted by Crippen LogP contribution is 2.23. The van der Waals surface area contributed by atoms with Gasteiger partial charge in [0.25, 0.3) is 0 Å². The fraction of sp³-hybridized carbons (Fsp3) is 0.231. The minimum absolute atomic E-state index is 0.842. The average Bonchev–Trinajstić information content (AvgIpc) is 2.70.